The topological polar surface area (TPSA) is 73.4 Å². The van der Waals surface area contributed by atoms with E-state index in [1.54, 1.807) is 21.8 Å². The van der Waals surface area contributed by atoms with Crippen LogP contribution in [0.25, 0.3) is 0 Å². The summed E-state index contributed by atoms with van der Waals surface area (Å²) in [6, 6.07) is 9.06. The van der Waals surface area contributed by atoms with Crippen LogP contribution >= 0.6 is 0 Å². The lowest BCUT2D eigenvalue weighted by molar-refractivity contribution is -0.143. The fourth-order valence-corrected chi connectivity index (χ4v) is 4.59. The van der Waals surface area contributed by atoms with Gasteiger partial charge in [-0.05, 0) is 24.8 Å². The van der Waals surface area contributed by atoms with Crippen LogP contribution in [0.5, 0.6) is 0 Å². The first-order valence-corrected chi connectivity index (χ1v) is 11.5. The number of hydrogen-bond acceptors (Lipinski definition) is 4. The number of methoxy groups -OCH3 is 1. The van der Waals surface area contributed by atoms with Gasteiger partial charge in [-0.1, -0.05) is 44.2 Å². The highest BCUT2D eigenvalue weighted by Gasteiger charge is 2.49. The number of rotatable bonds is 10. The van der Waals surface area contributed by atoms with Crippen molar-refractivity contribution in [2.24, 2.45) is 5.92 Å². The molecule has 0 bridgehead atoms. The highest BCUT2D eigenvalue weighted by molar-refractivity contribution is 5.92. The van der Waals surface area contributed by atoms with Gasteiger partial charge in [0.25, 0.3) is 0 Å². The van der Waals surface area contributed by atoms with E-state index in [2.05, 4.69) is 13.8 Å². The Hall–Kier alpha value is -2.61. The second-order valence-corrected chi connectivity index (χ2v) is 9.04. The molecule has 0 N–H and O–H groups in total. The lowest BCUT2D eigenvalue weighted by atomic mass is 9.97. The Labute approximate surface area is 191 Å². The second-order valence-electron chi connectivity index (χ2n) is 9.04. The van der Waals surface area contributed by atoms with Crippen molar-refractivity contribution in [3.05, 3.63) is 35.9 Å². The number of nitrogens with zero attached hydrogens (tertiary/aromatic N) is 4. The van der Waals surface area contributed by atoms with Gasteiger partial charge in [0, 0.05) is 39.8 Å². The van der Waals surface area contributed by atoms with Gasteiger partial charge >= 0.3 is 6.03 Å². The molecule has 0 unspecified atom stereocenters. The Bertz CT molecular complexity index is 800. The normalized spacial score (nSPS) is 20.8. The zero-order valence-electron chi connectivity index (χ0n) is 19.7. The van der Waals surface area contributed by atoms with Crippen molar-refractivity contribution in [1.29, 1.82) is 0 Å². The number of piperazine rings is 1. The highest BCUT2D eigenvalue weighted by Crippen LogP contribution is 2.29. The van der Waals surface area contributed by atoms with Gasteiger partial charge in [0.1, 0.15) is 12.6 Å². The van der Waals surface area contributed by atoms with E-state index in [-0.39, 0.29) is 36.3 Å². The average Bonchev–Trinajstić information content (AvgIpc) is 3.08. The van der Waals surface area contributed by atoms with Gasteiger partial charge in [0.2, 0.25) is 11.8 Å². The van der Waals surface area contributed by atoms with Crippen molar-refractivity contribution in [3.8, 4) is 0 Å². The molecule has 2 saturated heterocycles. The number of benzene rings is 1. The summed E-state index contributed by atoms with van der Waals surface area (Å²) < 4.78 is 5.17. The van der Waals surface area contributed by atoms with Gasteiger partial charge < -0.3 is 24.3 Å². The minimum Gasteiger partial charge on any atom is -0.383 e. The Morgan fingerprint density at radius 1 is 1.16 bits per heavy atom. The number of likely N-dealkylation sites (N-methyl/N-ethyl adjacent to an activating group) is 1. The monoisotopic (exact) mass is 444 g/mol. The van der Waals surface area contributed by atoms with Crippen molar-refractivity contribution < 1.29 is 19.1 Å². The molecule has 1 aromatic rings. The molecule has 32 heavy (non-hydrogen) atoms. The summed E-state index contributed by atoms with van der Waals surface area (Å²) in [5, 5.41) is 0. The van der Waals surface area contributed by atoms with E-state index in [0.717, 1.165) is 5.56 Å². The zero-order chi connectivity index (χ0) is 23.3. The summed E-state index contributed by atoms with van der Waals surface area (Å²) in [5.74, 6) is 0.178. The molecule has 2 aliphatic heterocycles. The van der Waals surface area contributed by atoms with E-state index >= 15 is 0 Å². The van der Waals surface area contributed by atoms with Gasteiger partial charge in [-0.25, -0.2) is 4.79 Å². The quantitative estimate of drug-likeness (QED) is 0.554. The van der Waals surface area contributed by atoms with Gasteiger partial charge in [0.15, 0.2) is 0 Å². The highest BCUT2D eigenvalue weighted by atomic mass is 16.5. The minimum absolute atomic E-state index is 0.0206. The molecule has 4 amide bonds. The van der Waals surface area contributed by atoms with Crippen molar-refractivity contribution in [1.82, 2.24) is 19.6 Å². The number of amides is 4. The lowest BCUT2D eigenvalue weighted by Crippen LogP contribution is -2.61. The number of carbonyl (C=O) groups is 3. The van der Waals surface area contributed by atoms with Gasteiger partial charge in [0.05, 0.1) is 12.6 Å². The summed E-state index contributed by atoms with van der Waals surface area (Å²) in [6.07, 6.45) is 0.613. The molecule has 8 nitrogen and oxygen atoms in total. The van der Waals surface area contributed by atoms with Crippen molar-refractivity contribution in [3.63, 3.8) is 0 Å². The van der Waals surface area contributed by atoms with E-state index < -0.39 is 6.04 Å². The maximum atomic E-state index is 13.3. The molecule has 0 spiro atoms. The van der Waals surface area contributed by atoms with Crippen molar-refractivity contribution >= 4 is 17.8 Å². The molecule has 8 heteroatoms. The summed E-state index contributed by atoms with van der Waals surface area (Å²) in [6.45, 7) is 9.10. The third kappa shape index (κ3) is 5.41. The lowest BCUT2D eigenvalue weighted by Gasteiger charge is -2.42. The first-order chi connectivity index (χ1) is 15.3. The van der Waals surface area contributed by atoms with Gasteiger partial charge in [-0.3, -0.25) is 9.59 Å². The van der Waals surface area contributed by atoms with Crippen LogP contribution in [0.3, 0.4) is 0 Å². The van der Waals surface area contributed by atoms with Crippen LogP contribution in [0.4, 0.5) is 4.79 Å². The molecule has 3 rings (SSSR count). The summed E-state index contributed by atoms with van der Waals surface area (Å²) in [4.78, 5) is 46.4. The van der Waals surface area contributed by atoms with Gasteiger partial charge in [-0.15, -0.1) is 0 Å². The predicted octanol–water partition coefficient (Wildman–Crippen LogP) is 2.04. The summed E-state index contributed by atoms with van der Waals surface area (Å²) >= 11 is 0. The van der Waals surface area contributed by atoms with E-state index in [1.165, 1.54) is 0 Å². The number of ether oxygens (including phenoxy) is 1. The predicted molar refractivity (Wildman–Crippen MR) is 122 cm³/mol. The van der Waals surface area contributed by atoms with E-state index in [4.69, 9.17) is 4.74 Å². The number of urea groups is 1. The Morgan fingerprint density at radius 3 is 2.47 bits per heavy atom. The van der Waals surface area contributed by atoms with E-state index in [9.17, 15) is 14.4 Å². The van der Waals surface area contributed by atoms with Crippen LogP contribution in [-0.2, 0) is 20.9 Å². The molecular formula is C24H36N4O4. The largest absolute Gasteiger partial charge is 0.383 e. The molecule has 1 aromatic carbocycles. The van der Waals surface area contributed by atoms with Crippen LogP contribution in [0.2, 0.25) is 0 Å². The number of hydrogen-bond donors (Lipinski definition) is 0. The average molecular weight is 445 g/mol. The molecule has 2 heterocycles. The summed E-state index contributed by atoms with van der Waals surface area (Å²) in [5.41, 5.74) is 1.06. The molecule has 2 aliphatic rings. The molecule has 2 atom stereocenters. The molecule has 0 aromatic heterocycles. The van der Waals surface area contributed by atoms with E-state index in [1.807, 2.05) is 42.2 Å². The molecule has 2 fully saturated rings. The zero-order valence-corrected chi connectivity index (χ0v) is 19.7. The Morgan fingerprint density at radius 2 is 1.84 bits per heavy atom. The van der Waals surface area contributed by atoms with Crippen LogP contribution in [0, 0.1) is 5.92 Å². The standard InChI is InChI=1S/C24H36N4O4/c1-5-25(14-19-9-7-6-8-10-19)22(29)17-27-16-20-15-26(11-12-32-4)23(30)21(13-18(2)3)28(20)24(27)31/h6-10,18,20-21H,5,11-17H2,1-4H3/t20-,21-/m0/s1. The Kier molecular flexibility index (Phi) is 8.12. The Balaban J connectivity index is 1.71. The first-order valence-electron chi connectivity index (χ1n) is 11.5. The number of fused-ring (bicyclic) bond motifs is 1. The third-order valence-corrected chi connectivity index (χ3v) is 6.22. The SMILES string of the molecule is CCN(Cc1ccccc1)C(=O)CN1C[C@@H]2CN(CCOC)C(=O)[C@H](CC(C)C)N2C1=O. The summed E-state index contributed by atoms with van der Waals surface area (Å²) in [7, 11) is 1.62. The molecule has 0 radical (unpaired) electrons. The van der Waals surface area contributed by atoms with Crippen molar-refractivity contribution in [2.45, 2.75) is 45.8 Å². The molecule has 0 saturated carbocycles. The second kappa shape index (κ2) is 10.8. The van der Waals surface area contributed by atoms with Crippen LogP contribution in [0.1, 0.15) is 32.8 Å². The fraction of sp³-hybridized carbons (Fsp3) is 0.625. The van der Waals surface area contributed by atoms with E-state index in [0.29, 0.717) is 45.8 Å². The molecule has 0 aliphatic carbocycles. The maximum Gasteiger partial charge on any atom is 0.321 e. The maximum absolute atomic E-state index is 13.3. The third-order valence-electron chi connectivity index (χ3n) is 6.22. The van der Waals surface area contributed by atoms with Crippen molar-refractivity contribution in [2.75, 3.05) is 46.4 Å². The van der Waals surface area contributed by atoms with Crippen LogP contribution in [0.15, 0.2) is 30.3 Å². The van der Waals surface area contributed by atoms with Gasteiger partial charge in [-0.2, -0.15) is 0 Å². The van der Waals surface area contributed by atoms with Crippen LogP contribution in [-0.4, -0.2) is 96.0 Å². The molecule has 176 valence electrons. The fourth-order valence-electron chi connectivity index (χ4n) is 4.59. The minimum atomic E-state index is -0.482. The number of carbonyl (C=O) groups excluding carboxylic acids is 3. The molecular weight excluding hydrogens is 408 g/mol. The first kappa shape index (κ1) is 24.0. The van der Waals surface area contributed by atoms with Crippen LogP contribution < -0.4 is 0 Å². The smallest absolute Gasteiger partial charge is 0.321 e.